The van der Waals surface area contributed by atoms with Gasteiger partial charge in [0.1, 0.15) is 18.4 Å². The van der Waals surface area contributed by atoms with Crippen LogP contribution < -0.4 is 9.62 Å². The lowest BCUT2D eigenvalue weighted by molar-refractivity contribution is -0.139. The van der Waals surface area contributed by atoms with Crippen molar-refractivity contribution in [3.63, 3.8) is 0 Å². The van der Waals surface area contributed by atoms with Crippen LogP contribution in [0.1, 0.15) is 25.8 Å². The number of nitrogens with one attached hydrogen (secondary N) is 1. The lowest BCUT2D eigenvalue weighted by atomic mass is 10.1. The summed E-state index contributed by atoms with van der Waals surface area (Å²) in [4.78, 5) is 27.2. The molecule has 0 spiro atoms. The van der Waals surface area contributed by atoms with E-state index in [1.165, 1.54) is 11.0 Å². The van der Waals surface area contributed by atoms with Crippen LogP contribution in [0.15, 0.2) is 42.5 Å². The fourth-order valence-corrected chi connectivity index (χ4v) is 4.29. The predicted molar refractivity (Wildman–Crippen MR) is 128 cm³/mol. The minimum atomic E-state index is -3.93. The Morgan fingerprint density at radius 1 is 1.15 bits per heavy atom. The normalized spacial score (nSPS) is 12.2. The van der Waals surface area contributed by atoms with Gasteiger partial charge in [-0.2, -0.15) is 0 Å². The van der Waals surface area contributed by atoms with E-state index in [0.29, 0.717) is 23.6 Å². The number of anilines is 1. The van der Waals surface area contributed by atoms with Gasteiger partial charge in [0.15, 0.2) is 0 Å². The first-order chi connectivity index (χ1) is 15.4. The molecule has 0 aliphatic rings. The van der Waals surface area contributed by atoms with Gasteiger partial charge in [-0.15, -0.1) is 0 Å². The maximum atomic E-state index is 13.6. The van der Waals surface area contributed by atoms with E-state index >= 15 is 0 Å². The minimum Gasteiger partial charge on any atom is -0.354 e. The molecule has 11 heteroatoms. The molecule has 7 nitrogen and oxygen atoms in total. The molecule has 0 saturated carbocycles. The van der Waals surface area contributed by atoms with Gasteiger partial charge < -0.3 is 10.2 Å². The van der Waals surface area contributed by atoms with Crippen LogP contribution in [0.5, 0.6) is 0 Å². The molecule has 0 aliphatic heterocycles. The molecule has 0 aromatic heterocycles. The highest BCUT2D eigenvalue weighted by Gasteiger charge is 2.30. The second-order valence-electron chi connectivity index (χ2n) is 7.49. The Labute approximate surface area is 203 Å². The summed E-state index contributed by atoms with van der Waals surface area (Å²) >= 11 is 11.9. The number of nitrogens with zero attached hydrogens (tertiary/aromatic N) is 2. The van der Waals surface area contributed by atoms with Gasteiger partial charge in [0.05, 0.1) is 17.0 Å². The van der Waals surface area contributed by atoms with Gasteiger partial charge in [-0.25, -0.2) is 12.8 Å². The third-order valence-electron chi connectivity index (χ3n) is 4.83. The van der Waals surface area contributed by atoms with Gasteiger partial charge in [-0.1, -0.05) is 42.3 Å². The smallest absolute Gasteiger partial charge is 0.244 e. The number of carbonyl (C=O) groups excluding carboxylic acids is 2. The van der Waals surface area contributed by atoms with Gasteiger partial charge in [0, 0.05) is 18.1 Å². The van der Waals surface area contributed by atoms with E-state index in [1.807, 2.05) is 6.92 Å². The predicted octanol–water partition coefficient (Wildman–Crippen LogP) is 3.84. The number of benzene rings is 2. The van der Waals surface area contributed by atoms with Crippen LogP contribution in [-0.2, 0) is 26.2 Å². The van der Waals surface area contributed by atoms with Crippen LogP contribution in [0.4, 0.5) is 10.1 Å². The zero-order chi connectivity index (χ0) is 24.8. The number of carbonyl (C=O) groups is 2. The van der Waals surface area contributed by atoms with E-state index in [2.05, 4.69) is 5.32 Å². The molecule has 180 valence electrons. The molecule has 2 aromatic carbocycles. The highest BCUT2D eigenvalue weighted by Crippen LogP contribution is 2.25. The zero-order valence-corrected chi connectivity index (χ0v) is 20.8. The molecule has 2 aromatic rings. The van der Waals surface area contributed by atoms with Crippen molar-refractivity contribution in [2.24, 2.45) is 0 Å². The molecule has 2 amide bonds. The molecule has 0 saturated heterocycles. The Bertz CT molecular complexity index is 1110. The maximum absolute atomic E-state index is 13.6. The Balaban J connectivity index is 2.39. The summed E-state index contributed by atoms with van der Waals surface area (Å²) < 4.78 is 39.3. The average molecular weight is 518 g/mol. The molecule has 0 aliphatic carbocycles. The molecule has 0 fully saturated rings. The van der Waals surface area contributed by atoms with Crippen LogP contribution in [0.25, 0.3) is 0 Å². The summed E-state index contributed by atoms with van der Waals surface area (Å²) in [5, 5.41) is 2.92. The van der Waals surface area contributed by atoms with Crippen molar-refractivity contribution in [1.82, 2.24) is 10.2 Å². The summed E-state index contributed by atoms with van der Waals surface area (Å²) in [6.07, 6.45) is 1.64. The van der Waals surface area contributed by atoms with Crippen molar-refractivity contribution < 1.29 is 22.4 Å². The van der Waals surface area contributed by atoms with Crippen molar-refractivity contribution in [1.29, 1.82) is 0 Å². The Kier molecular flexibility index (Phi) is 9.51. The molecule has 1 atom stereocenters. The van der Waals surface area contributed by atoms with Gasteiger partial charge >= 0.3 is 0 Å². The van der Waals surface area contributed by atoms with E-state index in [1.54, 1.807) is 31.2 Å². The zero-order valence-electron chi connectivity index (χ0n) is 18.5. The van der Waals surface area contributed by atoms with E-state index < -0.39 is 34.3 Å². The molecule has 1 unspecified atom stereocenters. The van der Waals surface area contributed by atoms with Gasteiger partial charge in [0.2, 0.25) is 21.8 Å². The van der Waals surface area contributed by atoms with Crippen LogP contribution >= 0.6 is 23.2 Å². The SMILES string of the molecule is CCCNC(=O)C(C)N(Cc1cccc(Cl)c1)C(=O)CN(c1ccc(F)c(Cl)c1)S(C)(=O)=O. The number of hydrogen-bond donors (Lipinski definition) is 1. The summed E-state index contributed by atoms with van der Waals surface area (Å²) in [5.41, 5.74) is 0.699. The van der Waals surface area contributed by atoms with Gasteiger partial charge in [-0.3, -0.25) is 13.9 Å². The molecule has 0 bridgehead atoms. The highest BCUT2D eigenvalue weighted by atomic mass is 35.5. The monoisotopic (exact) mass is 517 g/mol. The lowest BCUT2D eigenvalue weighted by Crippen LogP contribution is -2.51. The van der Waals surface area contributed by atoms with Crippen molar-refractivity contribution in [2.75, 3.05) is 23.7 Å². The number of halogens is 3. The molecule has 0 radical (unpaired) electrons. The highest BCUT2D eigenvalue weighted by molar-refractivity contribution is 7.92. The number of rotatable bonds is 10. The molecule has 2 rings (SSSR count). The lowest BCUT2D eigenvalue weighted by Gasteiger charge is -2.31. The molecular formula is C22H26Cl2FN3O4S. The van der Waals surface area contributed by atoms with E-state index in [-0.39, 0.29) is 23.2 Å². The van der Waals surface area contributed by atoms with Crippen molar-refractivity contribution in [3.8, 4) is 0 Å². The van der Waals surface area contributed by atoms with Crippen LogP contribution in [-0.4, -0.2) is 50.5 Å². The number of hydrogen-bond acceptors (Lipinski definition) is 4. The third-order valence-corrected chi connectivity index (χ3v) is 6.49. The van der Waals surface area contributed by atoms with Crippen molar-refractivity contribution in [2.45, 2.75) is 32.9 Å². The van der Waals surface area contributed by atoms with E-state index in [4.69, 9.17) is 23.2 Å². The quantitative estimate of drug-likeness (QED) is 0.518. The van der Waals surface area contributed by atoms with Crippen LogP contribution in [0.3, 0.4) is 0 Å². The van der Waals surface area contributed by atoms with E-state index in [9.17, 15) is 22.4 Å². The Morgan fingerprint density at radius 2 is 1.85 bits per heavy atom. The number of sulfonamides is 1. The first-order valence-electron chi connectivity index (χ1n) is 10.2. The molecule has 1 N–H and O–H groups in total. The standard InChI is InChI=1S/C22H26Cl2FN3O4S/c1-4-10-26-22(30)15(2)27(13-16-6-5-7-17(23)11-16)21(29)14-28(33(3,31)32)18-8-9-20(25)19(24)12-18/h5-9,11-12,15H,4,10,13-14H2,1-3H3,(H,26,30). The Morgan fingerprint density at radius 3 is 2.42 bits per heavy atom. The number of amides is 2. The largest absolute Gasteiger partial charge is 0.354 e. The van der Waals surface area contributed by atoms with Crippen molar-refractivity contribution >= 4 is 50.7 Å². The first-order valence-corrected chi connectivity index (χ1v) is 12.8. The molecule has 33 heavy (non-hydrogen) atoms. The van der Waals surface area contributed by atoms with Gasteiger partial charge in [-0.05, 0) is 49.2 Å². The minimum absolute atomic E-state index is 0.0296. The first kappa shape index (κ1) is 26.9. The maximum Gasteiger partial charge on any atom is 0.244 e. The fraction of sp³-hybridized carbons (Fsp3) is 0.364. The second kappa shape index (κ2) is 11.7. The Hall–Kier alpha value is -2.36. The average Bonchev–Trinajstić information content (AvgIpc) is 2.74. The van der Waals surface area contributed by atoms with Crippen molar-refractivity contribution in [3.05, 3.63) is 63.9 Å². The van der Waals surface area contributed by atoms with Crippen LogP contribution in [0.2, 0.25) is 10.0 Å². The summed E-state index contributed by atoms with van der Waals surface area (Å²) in [6.45, 7) is 3.32. The summed E-state index contributed by atoms with van der Waals surface area (Å²) in [6, 6.07) is 9.28. The molecule has 0 heterocycles. The third kappa shape index (κ3) is 7.58. The van der Waals surface area contributed by atoms with Gasteiger partial charge in [0.25, 0.3) is 0 Å². The fourth-order valence-electron chi connectivity index (χ4n) is 3.06. The summed E-state index contributed by atoms with van der Waals surface area (Å²) in [5.74, 6) is -1.72. The second-order valence-corrected chi connectivity index (χ2v) is 10.2. The van der Waals surface area contributed by atoms with E-state index in [0.717, 1.165) is 22.7 Å². The summed E-state index contributed by atoms with van der Waals surface area (Å²) in [7, 11) is -3.93. The van der Waals surface area contributed by atoms with Crippen LogP contribution in [0, 0.1) is 5.82 Å². The topological polar surface area (TPSA) is 86.8 Å². The molecular weight excluding hydrogens is 492 g/mol.